The Morgan fingerprint density at radius 2 is 1.48 bits per heavy atom. The molecule has 3 aromatic rings. The van der Waals surface area contributed by atoms with E-state index < -0.39 is 8.07 Å². The van der Waals surface area contributed by atoms with E-state index in [0.29, 0.717) is 22.2 Å². The fourth-order valence-corrected chi connectivity index (χ4v) is 11.7. The second kappa shape index (κ2) is 7.28. The molecule has 0 fully saturated rings. The van der Waals surface area contributed by atoms with E-state index in [-0.39, 0.29) is 0 Å². The molecule has 0 unspecified atom stereocenters. The van der Waals surface area contributed by atoms with Crippen LogP contribution < -0.4 is 5.32 Å². The zero-order valence-corrected chi connectivity index (χ0v) is 18.1. The minimum absolute atomic E-state index is 0.602. The number of nitrogens with zero attached hydrogens (tertiary/aromatic N) is 4. The molecule has 0 amide bonds. The van der Waals surface area contributed by atoms with Crippen molar-refractivity contribution in [2.45, 2.75) is 58.2 Å². The average Bonchev–Trinajstić information content (AvgIpc) is 3.06. The van der Waals surface area contributed by atoms with Gasteiger partial charge in [0, 0.05) is 10.9 Å². The largest absolute Gasteiger partial charge is 0.221 e. The molecule has 2 heterocycles. The van der Waals surface area contributed by atoms with Gasteiger partial charge in [-0.05, 0) is 40.9 Å². The van der Waals surface area contributed by atoms with Gasteiger partial charge in [0.2, 0.25) is 0 Å². The van der Waals surface area contributed by atoms with Gasteiger partial charge in [0.15, 0.2) is 0 Å². The predicted octanol–water partition coefficient (Wildman–Crippen LogP) is 5.15. The van der Waals surface area contributed by atoms with Crippen LogP contribution >= 0.6 is 0 Å². The van der Waals surface area contributed by atoms with Gasteiger partial charge in [-0.15, -0.1) is 5.10 Å². The van der Waals surface area contributed by atoms with Gasteiger partial charge in [-0.1, -0.05) is 65.0 Å². The van der Waals surface area contributed by atoms with Crippen LogP contribution in [0.3, 0.4) is 0 Å². The standard InChI is InChI=1S/C22H28N4Si/c1-15(2)27(16(3)4,17(5)6)21-9-7-8-20-22(24-25-26(20)21)19-12-10-18(14-23)11-13-19/h7-13,15-17H,1-6H3. The lowest BCUT2D eigenvalue weighted by atomic mass is 10.1. The molecule has 0 radical (unpaired) electrons. The van der Waals surface area contributed by atoms with Crippen LogP contribution in [0.15, 0.2) is 42.5 Å². The first kappa shape index (κ1) is 19.3. The van der Waals surface area contributed by atoms with Gasteiger partial charge in [0.1, 0.15) is 13.8 Å². The summed E-state index contributed by atoms with van der Waals surface area (Å²) in [5.41, 5.74) is 5.37. The third-order valence-electron chi connectivity index (χ3n) is 6.04. The van der Waals surface area contributed by atoms with E-state index in [0.717, 1.165) is 16.8 Å². The molecule has 140 valence electrons. The summed E-state index contributed by atoms with van der Waals surface area (Å²) in [6.07, 6.45) is 0. The Kier molecular flexibility index (Phi) is 5.21. The van der Waals surface area contributed by atoms with Gasteiger partial charge in [0.25, 0.3) is 0 Å². The Hall–Kier alpha value is -2.45. The van der Waals surface area contributed by atoms with Crippen LogP contribution in [0.4, 0.5) is 0 Å². The first-order chi connectivity index (χ1) is 12.8. The normalized spacial score (nSPS) is 12.3. The third kappa shape index (κ3) is 2.98. The van der Waals surface area contributed by atoms with Crippen molar-refractivity contribution < 1.29 is 0 Å². The summed E-state index contributed by atoms with van der Waals surface area (Å²) in [6, 6.07) is 16.2. The van der Waals surface area contributed by atoms with Crippen LogP contribution in [0.25, 0.3) is 16.8 Å². The molecule has 0 N–H and O–H groups in total. The van der Waals surface area contributed by atoms with Crippen LogP contribution in [0.1, 0.15) is 47.1 Å². The number of pyridine rings is 1. The lowest BCUT2D eigenvalue weighted by Crippen LogP contribution is -2.58. The average molecular weight is 377 g/mol. The summed E-state index contributed by atoms with van der Waals surface area (Å²) in [4.78, 5) is 0. The molecule has 0 aliphatic heterocycles. The summed E-state index contributed by atoms with van der Waals surface area (Å²) in [5, 5.41) is 19.5. The molecule has 1 aromatic carbocycles. The summed E-state index contributed by atoms with van der Waals surface area (Å²) < 4.78 is 2.08. The van der Waals surface area contributed by atoms with Crippen LogP contribution in [-0.4, -0.2) is 22.9 Å². The van der Waals surface area contributed by atoms with Crippen LogP contribution in [0.2, 0.25) is 16.6 Å². The van der Waals surface area contributed by atoms with Gasteiger partial charge in [0.05, 0.1) is 17.1 Å². The summed E-state index contributed by atoms with van der Waals surface area (Å²) in [6.45, 7) is 14.2. The summed E-state index contributed by atoms with van der Waals surface area (Å²) in [5.74, 6) is 0. The van der Waals surface area contributed by atoms with Crippen LogP contribution in [-0.2, 0) is 0 Å². The van der Waals surface area contributed by atoms with Crippen molar-refractivity contribution in [2.75, 3.05) is 0 Å². The zero-order chi connectivity index (χ0) is 19.8. The number of aromatic nitrogens is 3. The molecule has 2 aromatic heterocycles. The van der Waals surface area contributed by atoms with E-state index in [1.165, 1.54) is 5.32 Å². The van der Waals surface area contributed by atoms with E-state index in [4.69, 9.17) is 5.26 Å². The van der Waals surface area contributed by atoms with Crippen LogP contribution in [0.5, 0.6) is 0 Å². The number of fused-ring (bicyclic) bond motifs is 1. The quantitative estimate of drug-likeness (QED) is 0.578. The third-order valence-corrected chi connectivity index (χ3v) is 13.0. The fourth-order valence-electron chi connectivity index (χ4n) is 5.04. The van der Waals surface area contributed by atoms with Crippen LogP contribution in [0, 0.1) is 11.3 Å². The molecule has 0 bridgehead atoms. The molecular formula is C22H28N4Si. The highest BCUT2D eigenvalue weighted by atomic mass is 28.3. The fraction of sp³-hybridized carbons (Fsp3) is 0.409. The van der Waals surface area contributed by atoms with E-state index in [1.54, 1.807) is 0 Å². The van der Waals surface area contributed by atoms with Gasteiger partial charge in [-0.25, -0.2) is 4.52 Å². The molecular weight excluding hydrogens is 348 g/mol. The molecule has 27 heavy (non-hydrogen) atoms. The number of hydrogen-bond acceptors (Lipinski definition) is 3. The second-order valence-electron chi connectivity index (χ2n) is 8.23. The predicted molar refractivity (Wildman–Crippen MR) is 114 cm³/mol. The smallest absolute Gasteiger partial charge is 0.120 e. The first-order valence-electron chi connectivity index (χ1n) is 9.69. The molecule has 5 heteroatoms. The number of nitriles is 1. The molecule has 0 aliphatic rings. The maximum Gasteiger partial charge on any atom is 0.120 e. The van der Waals surface area contributed by atoms with Gasteiger partial charge >= 0.3 is 0 Å². The highest BCUT2D eigenvalue weighted by Crippen LogP contribution is 2.41. The second-order valence-corrected chi connectivity index (χ2v) is 14.1. The van der Waals surface area contributed by atoms with Gasteiger partial charge in [-0.3, -0.25) is 0 Å². The zero-order valence-electron chi connectivity index (χ0n) is 17.1. The highest BCUT2D eigenvalue weighted by Gasteiger charge is 2.46. The monoisotopic (exact) mass is 376 g/mol. The SMILES string of the molecule is CC(C)[Si](c1cccc2c(-c3ccc(C#N)cc3)nnn12)(C(C)C)C(C)C. The lowest BCUT2D eigenvalue weighted by molar-refractivity contribution is 0.807. The minimum Gasteiger partial charge on any atom is -0.221 e. The van der Waals surface area contributed by atoms with E-state index in [2.05, 4.69) is 80.6 Å². The van der Waals surface area contributed by atoms with Crippen molar-refractivity contribution >= 4 is 18.9 Å². The minimum atomic E-state index is -1.85. The Bertz CT molecular complexity index is 956. The molecule has 0 saturated carbocycles. The van der Waals surface area contributed by atoms with Gasteiger partial charge in [-0.2, -0.15) is 5.26 Å². The number of rotatable bonds is 5. The number of benzene rings is 1. The molecule has 0 spiro atoms. The Morgan fingerprint density at radius 1 is 0.889 bits per heavy atom. The highest BCUT2D eigenvalue weighted by molar-refractivity contribution is 6.94. The topological polar surface area (TPSA) is 54.0 Å². The van der Waals surface area contributed by atoms with Crippen molar-refractivity contribution in [3.63, 3.8) is 0 Å². The van der Waals surface area contributed by atoms with Crippen molar-refractivity contribution in [2.24, 2.45) is 0 Å². The Labute approximate surface area is 162 Å². The summed E-state index contributed by atoms with van der Waals surface area (Å²) >= 11 is 0. The maximum atomic E-state index is 9.04. The van der Waals surface area contributed by atoms with Gasteiger partial charge < -0.3 is 0 Å². The van der Waals surface area contributed by atoms with Crippen molar-refractivity contribution in [3.8, 4) is 17.3 Å². The first-order valence-corrected chi connectivity index (χ1v) is 11.9. The molecule has 3 rings (SSSR count). The van der Waals surface area contributed by atoms with E-state index >= 15 is 0 Å². The van der Waals surface area contributed by atoms with Crippen molar-refractivity contribution in [3.05, 3.63) is 48.0 Å². The Morgan fingerprint density at radius 3 is 2.00 bits per heavy atom. The molecule has 0 aliphatic carbocycles. The molecule has 0 saturated heterocycles. The van der Waals surface area contributed by atoms with E-state index in [9.17, 15) is 0 Å². The molecule has 0 atom stereocenters. The summed E-state index contributed by atoms with van der Waals surface area (Å²) in [7, 11) is -1.85. The van der Waals surface area contributed by atoms with Crippen molar-refractivity contribution in [1.82, 2.24) is 14.8 Å². The lowest BCUT2D eigenvalue weighted by Gasteiger charge is -2.43. The Balaban J connectivity index is 2.25. The van der Waals surface area contributed by atoms with Crippen molar-refractivity contribution in [1.29, 1.82) is 5.26 Å². The maximum absolute atomic E-state index is 9.04. The number of hydrogen-bond donors (Lipinski definition) is 0. The molecule has 4 nitrogen and oxygen atoms in total. The van der Waals surface area contributed by atoms with E-state index in [1.807, 2.05) is 24.3 Å².